The van der Waals surface area contributed by atoms with Crippen molar-refractivity contribution >= 4 is 17.7 Å². The zero-order chi connectivity index (χ0) is 7.56. The summed E-state index contributed by atoms with van der Waals surface area (Å²) in [6.45, 7) is 1.52. The van der Waals surface area contributed by atoms with Crippen LogP contribution in [-0.4, -0.2) is 23.4 Å². The van der Waals surface area contributed by atoms with E-state index in [4.69, 9.17) is 0 Å². The molecule has 0 aromatic rings. The number of hydrogen-bond donors (Lipinski definition) is 1. The van der Waals surface area contributed by atoms with E-state index < -0.39 is 0 Å². The summed E-state index contributed by atoms with van der Waals surface area (Å²) in [5.74, 6) is 0.00745. The lowest BCUT2D eigenvalue weighted by molar-refractivity contribution is -0.119. The third kappa shape index (κ3) is 1.67. The maximum atomic E-state index is 10.6. The molecule has 0 saturated heterocycles. The number of rotatable bonds is 1. The van der Waals surface area contributed by atoms with Crippen LogP contribution in [0.25, 0.3) is 0 Å². The van der Waals surface area contributed by atoms with E-state index in [1.165, 1.54) is 6.92 Å². The van der Waals surface area contributed by atoms with Crippen molar-refractivity contribution in [2.24, 2.45) is 0 Å². The van der Waals surface area contributed by atoms with Gasteiger partial charge in [0.2, 0.25) is 5.91 Å². The van der Waals surface area contributed by atoms with E-state index in [1.807, 2.05) is 23.6 Å². The summed E-state index contributed by atoms with van der Waals surface area (Å²) in [6, 6.07) is 0. The van der Waals surface area contributed by atoms with Crippen LogP contribution in [0.4, 0.5) is 0 Å². The van der Waals surface area contributed by atoms with E-state index >= 15 is 0 Å². The van der Waals surface area contributed by atoms with E-state index in [1.54, 1.807) is 11.8 Å². The minimum atomic E-state index is 0.00745. The van der Waals surface area contributed by atoms with Crippen molar-refractivity contribution in [2.75, 3.05) is 7.05 Å². The summed E-state index contributed by atoms with van der Waals surface area (Å²) < 4.78 is 0. The van der Waals surface area contributed by atoms with Crippen molar-refractivity contribution in [2.45, 2.75) is 12.4 Å². The molecule has 0 saturated carbocycles. The van der Waals surface area contributed by atoms with Gasteiger partial charge in [0.05, 0.1) is 0 Å². The summed E-state index contributed by atoms with van der Waals surface area (Å²) in [4.78, 5) is 12.5. The largest absolute Gasteiger partial charge is 0.351 e. The van der Waals surface area contributed by atoms with Crippen LogP contribution in [0, 0.1) is 0 Å². The van der Waals surface area contributed by atoms with Crippen LogP contribution in [0.15, 0.2) is 11.6 Å². The van der Waals surface area contributed by atoms with Gasteiger partial charge >= 0.3 is 0 Å². The van der Waals surface area contributed by atoms with Crippen LogP contribution in [0.3, 0.4) is 0 Å². The molecule has 0 aromatic carbocycles. The lowest BCUT2D eigenvalue weighted by Gasteiger charge is -2.19. The molecule has 1 N–H and O–H groups in total. The quantitative estimate of drug-likeness (QED) is 0.605. The number of nitrogens with zero attached hydrogens (tertiary/aromatic N) is 1. The van der Waals surface area contributed by atoms with Crippen LogP contribution >= 0.6 is 11.8 Å². The molecule has 0 radical (unpaired) electrons. The van der Waals surface area contributed by atoms with E-state index in [9.17, 15) is 4.79 Å². The first-order valence-electron chi connectivity index (χ1n) is 3.01. The van der Waals surface area contributed by atoms with Crippen LogP contribution in [0.1, 0.15) is 6.92 Å². The fourth-order valence-electron chi connectivity index (χ4n) is 0.689. The molecule has 1 unspecified atom stereocenters. The second-order valence-corrected chi connectivity index (χ2v) is 3.13. The van der Waals surface area contributed by atoms with Gasteiger partial charge in [-0.25, -0.2) is 0 Å². The summed E-state index contributed by atoms with van der Waals surface area (Å²) >= 11 is 1.59. The Balaban J connectivity index is 2.37. The van der Waals surface area contributed by atoms with Crippen molar-refractivity contribution < 1.29 is 4.79 Å². The van der Waals surface area contributed by atoms with Crippen LogP contribution < -0.4 is 5.32 Å². The van der Waals surface area contributed by atoms with Gasteiger partial charge in [0.25, 0.3) is 0 Å². The molecular formula is C6H10N2OS. The third-order valence-corrected chi connectivity index (χ3v) is 2.19. The molecule has 1 amide bonds. The van der Waals surface area contributed by atoms with E-state index in [0.29, 0.717) is 0 Å². The minimum absolute atomic E-state index is 0.00745. The molecule has 4 heteroatoms. The van der Waals surface area contributed by atoms with Gasteiger partial charge in [-0.1, -0.05) is 11.8 Å². The molecule has 0 aliphatic carbocycles. The van der Waals surface area contributed by atoms with Crippen molar-refractivity contribution in [1.29, 1.82) is 0 Å². The maximum Gasteiger partial charge on any atom is 0.219 e. The Kier molecular flexibility index (Phi) is 2.21. The lowest BCUT2D eigenvalue weighted by Crippen LogP contribution is -2.38. The molecule has 0 bridgehead atoms. The topological polar surface area (TPSA) is 32.3 Å². The number of thioether (sulfide) groups is 1. The first-order valence-corrected chi connectivity index (χ1v) is 3.95. The minimum Gasteiger partial charge on any atom is -0.351 e. The maximum absolute atomic E-state index is 10.6. The van der Waals surface area contributed by atoms with Crippen LogP contribution in [0.5, 0.6) is 0 Å². The van der Waals surface area contributed by atoms with E-state index in [-0.39, 0.29) is 11.4 Å². The van der Waals surface area contributed by atoms with Crippen molar-refractivity contribution in [1.82, 2.24) is 10.2 Å². The first-order chi connectivity index (χ1) is 4.70. The summed E-state index contributed by atoms with van der Waals surface area (Å²) in [5.41, 5.74) is 0.0949. The first kappa shape index (κ1) is 7.47. The van der Waals surface area contributed by atoms with Gasteiger partial charge in [-0.3, -0.25) is 4.79 Å². The zero-order valence-electron chi connectivity index (χ0n) is 6.00. The second-order valence-electron chi connectivity index (χ2n) is 2.14. The molecule has 1 aliphatic rings. The Bertz CT molecular complexity index is 169. The van der Waals surface area contributed by atoms with Gasteiger partial charge in [0, 0.05) is 20.2 Å². The predicted molar refractivity (Wildman–Crippen MR) is 42.1 cm³/mol. The highest BCUT2D eigenvalue weighted by molar-refractivity contribution is 8.02. The average Bonchev–Trinajstić information content (AvgIpc) is 2.15. The van der Waals surface area contributed by atoms with Crippen LogP contribution in [0.2, 0.25) is 0 Å². The number of carbonyl (C=O) groups is 1. The van der Waals surface area contributed by atoms with Gasteiger partial charge < -0.3 is 10.2 Å². The Labute approximate surface area is 64.5 Å². The van der Waals surface area contributed by atoms with Crippen molar-refractivity contribution in [3.8, 4) is 0 Å². The van der Waals surface area contributed by atoms with E-state index in [0.717, 1.165) is 0 Å². The van der Waals surface area contributed by atoms with Crippen molar-refractivity contribution in [3.05, 3.63) is 11.6 Å². The van der Waals surface area contributed by atoms with Crippen LogP contribution in [-0.2, 0) is 4.79 Å². The molecule has 0 spiro atoms. The average molecular weight is 158 g/mol. The number of carbonyl (C=O) groups excluding carboxylic acids is 1. The second kappa shape index (κ2) is 2.96. The monoisotopic (exact) mass is 158 g/mol. The fourth-order valence-corrected chi connectivity index (χ4v) is 1.60. The Morgan fingerprint density at radius 3 is 2.90 bits per heavy atom. The number of hydrogen-bond acceptors (Lipinski definition) is 3. The Morgan fingerprint density at radius 2 is 2.50 bits per heavy atom. The molecular weight excluding hydrogens is 148 g/mol. The summed E-state index contributed by atoms with van der Waals surface area (Å²) in [5, 5.41) is 4.74. The Hall–Kier alpha value is -0.640. The molecule has 1 heterocycles. The van der Waals surface area contributed by atoms with Gasteiger partial charge in [0.1, 0.15) is 0 Å². The molecule has 0 aromatic heterocycles. The molecule has 56 valence electrons. The van der Waals surface area contributed by atoms with Gasteiger partial charge in [0.15, 0.2) is 5.50 Å². The standard InChI is InChI=1S/C6H10N2OS/c1-5(9)7-6-8(2)3-4-10-6/h3-4,6H,1-2H3,(H,7,9). The highest BCUT2D eigenvalue weighted by Gasteiger charge is 2.15. The zero-order valence-corrected chi connectivity index (χ0v) is 6.81. The molecule has 0 fully saturated rings. The molecule has 10 heavy (non-hydrogen) atoms. The smallest absolute Gasteiger partial charge is 0.219 e. The van der Waals surface area contributed by atoms with Gasteiger partial charge in [-0.2, -0.15) is 0 Å². The fraction of sp³-hybridized carbons (Fsp3) is 0.500. The molecule has 1 atom stereocenters. The predicted octanol–water partition coefficient (Wildman–Crippen LogP) is 0.556. The van der Waals surface area contributed by atoms with Crippen molar-refractivity contribution in [3.63, 3.8) is 0 Å². The summed E-state index contributed by atoms with van der Waals surface area (Å²) in [6.07, 6.45) is 1.94. The number of amides is 1. The Morgan fingerprint density at radius 1 is 1.80 bits per heavy atom. The van der Waals surface area contributed by atoms with Gasteiger partial charge in [-0.05, 0) is 5.41 Å². The summed E-state index contributed by atoms with van der Waals surface area (Å²) in [7, 11) is 1.93. The van der Waals surface area contributed by atoms with Gasteiger partial charge in [-0.15, -0.1) is 0 Å². The lowest BCUT2D eigenvalue weighted by atomic mass is 10.7. The molecule has 3 nitrogen and oxygen atoms in total. The third-order valence-electron chi connectivity index (χ3n) is 1.20. The SMILES string of the molecule is CC(=O)NC1SC=CN1C. The normalized spacial score (nSPS) is 23.4. The molecule has 1 rings (SSSR count). The highest BCUT2D eigenvalue weighted by Crippen LogP contribution is 2.20. The van der Waals surface area contributed by atoms with E-state index in [2.05, 4.69) is 5.32 Å². The number of nitrogens with one attached hydrogen (secondary N) is 1. The highest BCUT2D eigenvalue weighted by atomic mass is 32.2. The molecule has 1 aliphatic heterocycles.